The van der Waals surface area contributed by atoms with Crippen LogP contribution in [-0.2, 0) is 19.6 Å². The first-order valence-electron chi connectivity index (χ1n) is 9.69. The van der Waals surface area contributed by atoms with E-state index in [2.05, 4.69) is 15.0 Å². The number of hydrogen-bond donors (Lipinski definition) is 2. The molecule has 8 nitrogen and oxygen atoms in total. The summed E-state index contributed by atoms with van der Waals surface area (Å²) in [7, 11) is -3.84. The lowest BCUT2D eigenvalue weighted by atomic mass is 10.2. The molecule has 1 saturated heterocycles. The van der Waals surface area contributed by atoms with Crippen molar-refractivity contribution >= 4 is 55.8 Å². The predicted octanol–water partition coefficient (Wildman–Crippen LogP) is 3.07. The minimum atomic E-state index is -3.84. The normalized spacial score (nSPS) is 19.6. The van der Waals surface area contributed by atoms with E-state index in [9.17, 15) is 18.0 Å². The summed E-state index contributed by atoms with van der Waals surface area (Å²) in [6, 6.07) is 4.51. The molecule has 2 aliphatic rings. The Morgan fingerprint density at radius 1 is 1.23 bits per heavy atom. The molecule has 160 valence electrons. The highest BCUT2D eigenvalue weighted by Gasteiger charge is 2.36. The Morgan fingerprint density at radius 3 is 2.63 bits per heavy atom. The minimum absolute atomic E-state index is 0.0206. The quantitative estimate of drug-likeness (QED) is 0.671. The van der Waals surface area contributed by atoms with Crippen LogP contribution in [0.4, 0.5) is 10.8 Å². The number of likely N-dealkylation sites (tertiary alicyclic amines) is 1. The van der Waals surface area contributed by atoms with Gasteiger partial charge in [-0.2, -0.15) is 0 Å². The van der Waals surface area contributed by atoms with Crippen LogP contribution in [0.1, 0.15) is 31.4 Å². The molecular formula is C19H22N4O4S3. The van der Waals surface area contributed by atoms with Gasteiger partial charge in [-0.25, -0.2) is 13.4 Å². The van der Waals surface area contributed by atoms with Crippen LogP contribution < -0.4 is 10.0 Å². The molecule has 2 aliphatic heterocycles. The number of nitrogens with zero attached hydrogens (tertiary/aromatic N) is 2. The van der Waals surface area contributed by atoms with Gasteiger partial charge in [0.15, 0.2) is 10.4 Å². The third-order valence-electron chi connectivity index (χ3n) is 4.98. The van der Waals surface area contributed by atoms with E-state index in [4.69, 9.17) is 0 Å². The number of nitrogens with one attached hydrogen (secondary N) is 2. The van der Waals surface area contributed by atoms with Crippen molar-refractivity contribution in [3.63, 3.8) is 0 Å². The van der Waals surface area contributed by atoms with Gasteiger partial charge in [-0.1, -0.05) is 12.8 Å². The molecule has 2 N–H and O–H groups in total. The fraction of sp³-hybridized carbons (Fsp3) is 0.421. The molecule has 4 rings (SSSR count). The Labute approximate surface area is 183 Å². The van der Waals surface area contributed by atoms with Crippen LogP contribution in [0.3, 0.4) is 0 Å². The number of fused-ring (bicyclic) bond motifs is 1. The minimum Gasteiger partial charge on any atom is -0.341 e. The molecule has 11 heteroatoms. The molecule has 30 heavy (non-hydrogen) atoms. The molecule has 1 atom stereocenters. The number of sulfonamides is 1. The van der Waals surface area contributed by atoms with Gasteiger partial charge < -0.3 is 10.2 Å². The van der Waals surface area contributed by atoms with Crippen LogP contribution in [0, 0.1) is 6.92 Å². The number of carbonyl (C=O) groups excluding carboxylic acids is 2. The Hall–Kier alpha value is -2.11. The maximum absolute atomic E-state index is 12.9. The third kappa shape index (κ3) is 4.47. The van der Waals surface area contributed by atoms with Crippen molar-refractivity contribution < 1.29 is 18.0 Å². The molecule has 2 aromatic rings. The highest BCUT2D eigenvalue weighted by atomic mass is 32.2. The van der Waals surface area contributed by atoms with E-state index in [0.717, 1.165) is 31.4 Å². The highest BCUT2D eigenvalue weighted by molar-refractivity contribution is 8.01. The van der Waals surface area contributed by atoms with E-state index in [1.54, 1.807) is 23.3 Å². The highest BCUT2D eigenvalue weighted by Crippen LogP contribution is 2.38. The number of aromatic nitrogens is 1. The lowest BCUT2D eigenvalue weighted by Crippen LogP contribution is -2.45. The number of aryl methyl sites for hydroxylation is 1. The summed E-state index contributed by atoms with van der Waals surface area (Å²) >= 11 is 2.37. The van der Waals surface area contributed by atoms with Crippen LogP contribution in [0.25, 0.3) is 0 Å². The SMILES string of the molecule is Cc1csc(NS(=O)(=O)c2ccc3c(c2)NC(=O)[C@H](C(=O)N2CCCCCC2)S3)n1. The number of carbonyl (C=O) groups is 2. The van der Waals surface area contributed by atoms with Crippen molar-refractivity contribution in [3.8, 4) is 0 Å². The second-order valence-electron chi connectivity index (χ2n) is 7.28. The summed E-state index contributed by atoms with van der Waals surface area (Å²) in [4.78, 5) is 32.1. The van der Waals surface area contributed by atoms with Crippen LogP contribution in [0.2, 0.25) is 0 Å². The lowest BCUT2D eigenvalue weighted by Gasteiger charge is -2.28. The van der Waals surface area contributed by atoms with Gasteiger partial charge in [-0.3, -0.25) is 14.3 Å². The van der Waals surface area contributed by atoms with Crippen molar-refractivity contribution in [1.29, 1.82) is 0 Å². The molecule has 1 aromatic heterocycles. The number of anilines is 2. The standard InChI is InChI=1S/C19H22N4O4S3/c1-12-11-28-19(20-12)22-30(26,27)13-6-7-15-14(10-13)21-17(24)16(29-15)18(25)23-8-4-2-3-5-9-23/h6-7,10-11,16H,2-5,8-9H2,1H3,(H,20,22)(H,21,24)/t16-/m1/s1. The number of benzene rings is 1. The van der Waals surface area contributed by atoms with Gasteiger partial charge in [-0.05, 0) is 38.0 Å². The molecule has 3 heterocycles. The van der Waals surface area contributed by atoms with Gasteiger partial charge in [0.2, 0.25) is 11.8 Å². The lowest BCUT2D eigenvalue weighted by molar-refractivity contribution is -0.133. The van der Waals surface area contributed by atoms with Gasteiger partial charge in [0.05, 0.1) is 16.3 Å². The van der Waals surface area contributed by atoms with Gasteiger partial charge in [0.25, 0.3) is 10.0 Å². The topological polar surface area (TPSA) is 108 Å². The smallest absolute Gasteiger partial charge is 0.263 e. The van der Waals surface area contributed by atoms with E-state index in [1.807, 2.05) is 0 Å². The molecule has 2 amide bonds. The zero-order valence-corrected chi connectivity index (χ0v) is 18.8. The second-order valence-corrected chi connectivity index (χ2v) is 11.0. The van der Waals surface area contributed by atoms with Gasteiger partial charge in [-0.15, -0.1) is 23.1 Å². The zero-order valence-electron chi connectivity index (χ0n) is 16.4. The van der Waals surface area contributed by atoms with E-state index < -0.39 is 21.2 Å². The predicted molar refractivity (Wildman–Crippen MR) is 117 cm³/mol. The first-order valence-corrected chi connectivity index (χ1v) is 12.9. The Bertz CT molecular complexity index is 1080. The van der Waals surface area contributed by atoms with Crippen LogP contribution in [0.15, 0.2) is 33.4 Å². The summed E-state index contributed by atoms with van der Waals surface area (Å²) < 4.78 is 27.8. The fourth-order valence-corrected chi connectivity index (χ4v) is 6.47. The largest absolute Gasteiger partial charge is 0.341 e. The molecule has 0 aliphatic carbocycles. The Morgan fingerprint density at radius 2 is 1.97 bits per heavy atom. The van der Waals surface area contributed by atoms with Crippen molar-refractivity contribution in [2.75, 3.05) is 23.1 Å². The molecular weight excluding hydrogens is 444 g/mol. The third-order valence-corrected chi connectivity index (χ3v) is 8.59. The monoisotopic (exact) mass is 466 g/mol. The molecule has 0 saturated carbocycles. The zero-order chi connectivity index (χ0) is 21.3. The summed E-state index contributed by atoms with van der Waals surface area (Å²) in [6.07, 6.45) is 4.10. The van der Waals surface area contributed by atoms with E-state index in [-0.39, 0.29) is 15.9 Å². The number of thiazole rings is 1. The Kier molecular flexibility index (Phi) is 6.03. The summed E-state index contributed by atoms with van der Waals surface area (Å²) in [5.41, 5.74) is 1.12. The number of rotatable bonds is 4. The van der Waals surface area contributed by atoms with Crippen molar-refractivity contribution in [3.05, 3.63) is 29.3 Å². The first-order chi connectivity index (χ1) is 14.3. The van der Waals surface area contributed by atoms with Crippen LogP contribution >= 0.6 is 23.1 Å². The van der Waals surface area contributed by atoms with Crippen LogP contribution in [0.5, 0.6) is 0 Å². The average molecular weight is 467 g/mol. The molecule has 1 fully saturated rings. The van der Waals surface area contributed by atoms with Crippen LogP contribution in [-0.4, -0.2) is 48.5 Å². The molecule has 0 radical (unpaired) electrons. The van der Waals surface area contributed by atoms with Crippen molar-refractivity contribution in [1.82, 2.24) is 9.88 Å². The van der Waals surface area contributed by atoms with Gasteiger partial charge >= 0.3 is 0 Å². The fourth-order valence-electron chi connectivity index (χ4n) is 3.45. The Balaban J connectivity index is 1.52. The average Bonchev–Trinajstić information content (AvgIpc) is 2.94. The molecule has 0 spiro atoms. The maximum atomic E-state index is 12.9. The molecule has 0 unspecified atom stereocenters. The number of hydrogen-bond acceptors (Lipinski definition) is 7. The van der Waals surface area contributed by atoms with Crippen molar-refractivity contribution in [2.24, 2.45) is 0 Å². The molecule has 1 aromatic carbocycles. The summed E-state index contributed by atoms with van der Waals surface area (Å²) in [6.45, 7) is 3.13. The van der Waals surface area contributed by atoms with E-state index >= 15 is 0 Å². The number of thioether (sulfide) groups is 1. The molecule has 0 bridgehead atoms. The van der Waals surface area contributed by atoms with Crippen molar-refractivity contribution in [2.45, 2.75) is 47.6 Å². The number of amides is 2. The van der Waals surface area contributed by atoms with E-state index in [1.165, 1.54) is 35.2 Å². The van der Waals surface area contributed by atoms with Gasteiger partial charge in [0, 0.05) is 23.4 Å². The van der Waals surface area contributed by atoms with Gasteiger partial charge in [0.1, 0.15) is 0 Å². The second kappa shape index (κ2) is 8.56. The maximum Gasteiger partial charge on any atom is 0.263 e. The van der Waals surface area contributed by atoms with E-state index in [0.29, 0.717) is 23.7 Å². The summed E-state index contributed by atoms with van der Waals surface area (Å²) in [5, 5.41) is 3.90. The summed E-state index contributed by atoms with van der Waals surface area (Å²) in [5.74, 6) is -0.595. The first kappa shape index (κ1) is 21.1.